The Morgan fingerprint density at radius 1 is 1.54 bits per heavy atom. The maximum absolute atomic E-state index is 9.19. The van der Waals surface area contributed by atoms with E-state index in [9.17, 15) is 5.11 Å². The molecule has 1 heterocycles. The van der Waals surface area contributed by atoms with Crippen molar-refractivity contribution in [3.63, 3.8) is 0 Å². The van der Waals surface area contributed by atoms with Gasteiger partial charge in [-0.25, -0.2) is 0 Å². The van der Waals surface area contributed by atoms with Crippen molar-refractivity contribution in [3.8, 4) is 0 Å². The highest BCUT2D eigenvalue weighted by molar-refractivity contribution is 7.80. The number of unbranched alkanes of at least 4 members (excludes halogenated alkanes) is 2. The predicted octanol–water partition coefficient (Wildman–Crippen LogP) is 3.71. The summed E-state index contributed by atoms with van der Waals surface area (Å²) in [7, 11) is 0. The van der Waals surface area contributed by atoms with Crippen LogP contribution in [0.1, 0.15) is 36.6 Å². The lowest BCUT2D eigenvalue weighted by atomic mass is 10.1. The largest absolute Gasteiger partial charge is 0.498 e. The topological polar surface area (TPSA) is 20.2 Å². The fraction of sp³-hybridized carbons (Fsp3) is 0.500. The van der Waals surface area contributed by atoms with Crippen LogP contribution >= 0.6 is 23.6 Å². The Balaban J connectivity index is 2.55. The molecule has 0 aliphatic rings. The summed E-state index contributed by atoms with van der Waals surface area (Å²) in [6, 6.07) is 1.90. The van der Waals surface area contributed by atoms with E-state index in [0.717, 1.165) is 12.0 Å². The molecule has 0 aromatic carbocycles. The van der Waals surface area contributed by atoms with E-state index in [1.807, 2.05) is 11.4 Å². The Kier molecular flexibility index (Phi) is 4.39. The molecule has 1 aromatic rings. The number of rotatable bonds is 5. The van der Waals surface area contributed by atoms with E-state index < -0.39 is 0 Å². The molecule has 0 unspecified atom stereocenters. The van der Waals surface area contributed by atoms with E-state index in [1.165, 1.54) is 24.1 Å². The molecule has 1 rings (SSSR count). The Morgan fingerprint density at radius 2 is 2.31 bits per heavy atom. The third kappa shape index (κ3) is 3.08. The zero-order valence-electron chi connectivity index (χ0n) is 7.75. The summed E-state index contributed by atoms with van der Waals surface area (Å²) >= 11 is 6.43. The normalized spacial score (nSPS) is 10.2. The lowest BCUT2D eigenvalue weighted by Crippen LogP contribution is -1.96. The SMILES string of the molecule is CCCCCc1sccc1C(O)=S. The van der Waals surface area contributed by atoms with Gasteiger partial charge in [0.15, 0.2) is 5.05 Å². The monoisotopic (exact) mass is 214 g/mol. The number of hydrogen-bond donors (Lipinski definition) is 1. The summed E-state index contributed by atoms with van der Waals surface area (Å²) in [5, 5.41) is 11.2. The van der Waals surface area contributed by atoms with Crippen molar-refractivity contribution in [2.45, 2.75) is 32.6 Å². The Bertz CT molecular complexity index is 278. The van der Waals surface area contributed by atoms with Gasteiger partial charge in [-0.15, -0.1) is 11.3 Å². The maximum Gasteiger partial charge on any atom is 0.189 e. The average Bonchev–Trinajstić information content (AvgIpc) is 2.53. The van der Waals surface area contributed by atoms with Gasteiger partial charge in [0.1, 0.15) is 0 Å². The van der Waals surface area contributed by atoms with E-state index in [-0.39, 0.29) is 5.05 Å². The summed E-state index contributed by atoms with van der Waals surface area (Å²) in [4.78, 5) is 1.22. The van der Waals surface area contributed by atoms with Crippen LogP contribution in [0, 0.1) is 0 Å². The molecule has 3 heteroatoms. The lowest BCUT2D eigenvalue weighted by Gasteiger charge is -1.99. The molecule has 0 saturated heterocycles. The molecule has 0 bridgehead atoms. The van der Waals surface area contributed by atoms with Crippen molar-refractivity contribution >= 4 is 28.6 Å². The van der Waals surface area contributed by atoms with E-state index >= 15 is 0 Å². The van der Waals surface area contributed by atoms with Crippen molar-refractivity contribution in [2.75, 3.05) is 0 Å². The van der Waals surface area contributed by atoms with Gasteiger partial charge in [0.2, 0.25) is 0 Å². The van der Waals surface area contributed by atoms with Crippen LogP contribution in [-0.2, 0) is 6.42 Å². The molecule has 0 radical (unpaired) electrons. The zero-order chi connectivity index (χ0) is 9.68. The first kappa shape index (κ1) is 10.7. The van der Waals surface area contributed by atoms with Crippen molar-refractivity contribution < 1.29 is 5.11 Å². The number of aliphatic hydroxyl groups excluding tert-OH is 1. The molecule has 0 aliphatic carbocycles. The van der Waals surface area contributed by atoms with E-state index in [0.29, 0.717) is 0 Å². The van der Waals surface area contributed by atoms with E-state index in [2.05, 4.69) is 6.92 Å². The number of thiophene rings is 1. The predicted molar refractivity (Wildman–Crippen MR) is 61.9 cm³/mol. The minimum Gasteiger partial charge on any atom is -0.498 e. The molecule has 0 spiro atoms. The number of aryl methyl sites for hydroxylation is 1. The summed E-state index contributed by atoms with van der Waals surface area (Å²) in [5.74, 6) is 0. The van der Waals surface area contributed by atoms with Crippen LogP contribution in [0.3, 0.4) is 0 Å². The van der Waals surface area contributed by atoms with Gasteiger partial charge in [0.05, 0.1) is 0 Å². The highest BCUT2D eigenvalue weighted by atomic mass is 32.1. The highest BCUT2D eigenvalue weighted by Crippen LogP contribution is 2.19. The lowest BCUT2D eigenvalue weighted by molar-refractivity contribution is 0.570. The summed E-state index contributed by atoms with van der Waals surface area (Å²) < 4.78 is 0. The maximum atomic E-state index is 9.19. The molecule has 0 amide bonds. The third-order valence-electron chi connectivity index (χ3n) is 1.98. The minimum absolute atomic E-state index is 0.0350. The molecule has 1 N–H and O–H groups in total. The standard InChI is InChI=1S/C10H14OS2/c1-2-3-4-5-9-8(10(11)12)6-7-13-9/h6-7H,2-5H2,1H3,(H,11,12). The van der Waals surface area contributed by atoms with Crippen molar-refractivity contribution in [3.05, 3.63) is 21.9 Å². The number of thiocarbonyl (C=S) groups is 1. The van der Waals surface area contributed by atoms with Crippen LogP contribution in [0.25, 0.3) is 0 Å². The molecule has 13 heavy (non-hydrogen) atoms. The minimum atomic E-state index is 0.0350. The third-order valence-corrected chi connectivity index (χ3v) is 3.18. The molecule has 0 fully saturated rings. The van der Waals surface area contributed by atoms with Crippen LogP contribution in [-0.4, -0.2) is 10.2 Å². The van der Waals surface area contributed by atoms with Crippen molar-refractivity contribution in [1.82, 2.24) is 0 Å². The first-order chi connectivity index (χ1) is 6.25. The van der Waals surface area contributed by atoms with Crippen LogP contribution in [0.2, 0.25) is 0 Å². The van der Waals surface area contributed by atoms with Crippen LogP contribution in [0.5, 0.6) is 0 Å². The number of hydrogen-bond acceptors (Lipinski definition) is 2. The summed E-state index contributed by atoms with van der Waals surface area (Å²) in [5.41, 5.74) is 0.858. The second-order valence-corrected chi connectivity index (χ2v) is 4.41. The molecular weight excluding hydrogens is 200 g/mol. The highest BCUT2D eigenvalue weighted by Gasteiger charge is 2.06. The molecule has 72 valence electrons. The molecule has 0 atom stereocenters. The first-order valence-corrected chi connectivity index (χ1v) is 5.84. The van der Waals surface area contributed by atoms with Crippen LogP contribution in [0.4, 0.5) is 0 Å². The van der Waals surface area contributed by atoms with Crippen molar-refractivity contribution in [2.24, 2.45) is 0 Å². The van der Waals surface area contributed by atoms with E-state index in [1.54, 1.807) is 11.3 Å². The number of aliphatic hydroxyl groups is 1. The van der Waals surface area contributed by atoms with Crippen molar-refractivity contribution in [1.29, 1.82) is 0 Å². The molecule has 0 saturated carbocycles. The molecular formula is C10H14OS2. The second kappa shape index (κ2) is 5.35. The Morgan fingerprint density at radius 3 is 2.92 bits per heavy atom. The molecule has 0 aliphatic heterocycles. The smallest absolute Gasteiger partial charge is 0.189 e. The first-order valence-electron chi connectivity index (χ1n) is 4.55. The Hall–Kier alpha value is -0.410. The second-order valence-electron chi connectivity index (χ2n) is 3.02. The fourth-order valence-electron chi connectivity index (χ4n) is 1.26. The van der Waals surface area contributed by atoms with E-state index in [4.69, 9.17) is 12.2 Å². The fourth-order valence-corrected chi connectivity index (χ4v) is 2.44. The van der Waals surface area contributed by atoms with Crippen LogP contribution in [0.15, 0.2) is 11.4 Å². The summed E-state index contributed by atoms with van der Waals surface area (Å²) in [6.45, 7) is 2.19. The van der Waals surface area contributed by atoms with Gasteiger partial charge in [0.25, 0.3) is 0 Å². The molecule has 1 nitrogen and oxygen atoms in total. The van der Waals surface area contributed by atoms with Gasteiger partial charge in [0, 0.05) is 10.4 Å². The van der Waals surface area contributed by atoms with Gasteiger partial charge in [-0.1, -0.05) is 19.8 Å². The zero-order valence-corrected chi connectivity index (χ0v) is 9.38. The van der Waals surface area contributed by atoms with Gasteiger partial charge in [-0.05, 0) is 36.5 Å². The van der Waals surface area contributed by atoms with Gasteiger partial charge < -0.3 is 5.11 Å². The van der Waals surface area contributed by atoms with Gasteiger partial charge >= 0.3 is 0 Å². The van der Waals surface area contributed by atoms with Crippen LogP contribution < -0.4 is 0 Å². The quantitative estimate of drug-likeness (QED) is 0.595. The molecule has 1 aromatic heterocycles. The van der Waals surface area contributed by atoms with Gasteiger partial charge in [-0.2, -0.15) is 0 Å². The summed E-state index contributed by atoms with van der Waals surface area (Å²) in [6.07, 6.45) is 4.70. The average molecular weight is 214 g/mol. The van der Waals surface area contributed by atoms with Gasteiger partial charge in [-0.3, -0.25) is 0 Å². The Labute approximate surface area is 88.4 Å².